The number of benzene rings is 2. The van der Waals surface area contributed by atoms with Gasteiger partial charge >= 0.3 is 11.9 Å². The molecule has 0 heterocycles. The zero-order valence-corrected chi connectivity index (χ0v) is 14.8. The number of carbonyl (C=O) groups is 2. The van der Waals surface area contributed by atoms with E-state index >= 15 is 0 Å². The van der Waals surface area contributed by atoms with Crippen molar-refractivity contribution < 1.29 is 19.1 Å². The summed E-state index contributed by atoms with van der Waals surface area (Å²) in [4.78, 5) is 24.1. The number of para-hydroxylation sites is 2. The van der Waals surface area contributed by atoms with Gasteiger partial charge in [-0.15, -0.1) is 0 Å². The molecule has 0 aromatic heterocycles. The average molecular weight is 352 g/mol. The maximum atomic E-state index is 12.0. The number of hydrogen-bond donors (Lipinski definition) is 0. The molecule has 0 amide bonds. The van der Waals surface area contributed by atoms with Gasteiger partial charge in [0.05, 0.1) is 0 Å². The molecule has 3 rings (SSSR count). The normalized spacial score (nSPS) is 19.5. The Kier molecular flexibility index (Phi) is 6.42. The molecule has 2 aromatic carbocycles. The SMILES string of the molecule is O=C(CC1CCC(CC(=O)Oc2ccccc2)CC1)Oc1ccccc1. The lowest BCUT2D eigenvalue weighted by molar-refractivity contribution is -0.137. The van der Waals surface area contributed by atoms with Crippen LogP contribution < -0.4 is 9.47 Å². The summed E-state index contributed by atoms with van der Waals surface area (Å²) in [6, 6.07) is 18.3. The van der Waals surface area contributed by atoms with Crippen molar-refractivity contribution in [2.24, 2.45) is 11.8 Å². The summed E-state index contributed by atoms with van der Waals surface area (Å²) in [5.74, 6) is 1.51. The molecule has 1 aliphatic rings. The van der Waals surface area contributed by atoms with E-state index in [2.05, 4.69) is 0 Å². The van der Waals surface area contributed by atoms with E-state index in [9.17, 15) is 9.59 Å². The Morgan fingerprint density at radius 1 is 0.654 bits per heavy atom. The van der Waals surface area contributed by atoms with E-state index in [0.717, 1.165) is 25.7 Å². The van der Waals surface area contributed by atoms with E-state index in [1.165, 1.54) is 0 Å². The molecule has 136 valence electrons. The zero-order chi connectivity index (χ0) is 18.2. The Morgan fingerprint density at radius 2 is 1.00 bits per heavy atom. The minimum Gasteiger partial charge on any atom is -0.427 e. The van der Waals surface area contributed by atoms with Crippen LogP contribution in [0.4, 0.5) is 0 Å². The molecular formula is C22H24O4. The Bertz CT molecular complexity index is 640. The second kappa shape index (κ2) is 9.18. The van der Waals surface area contributed by atoms with Crippen molar-refractivity contribution in [2.75, 3.05) is 0 Å². The number of ether oxygens (including phenoxy) is 2. The second-order valence-electron chi connectivity index (χ2n) is 6.87. The molecule has 4 heteroatoms. The summed E-state index contributed by atoms with van der Waals surface area (Å²) in [6.07, 6.45) is 4.69. The highest BCUT2D eigenvalue weighted by Crippen LogP contribution is 2.33. The van der Waals surface area contributed by atoms with Crippen LogP contribution in [0.25, 0.3) is 0 Å². The molecule has 1 fully saturated rings. The molecule has 0 aliphatic heterocycles. The fourth-order valence-corrected chi connectivity index (χ4v) is 3.43. The first-order chi connectivity index (χ1) is 12.7. The summed E-state index contributed by atoms with van der Waals surface area (Å²) in [5.41, 5.74) is 0. The van der Waals surface area contributed by atoms with Crippen LogP contribution in [-0.4, -0.2) is 11.9 Å². The first kappa shape index (κ1) is 18.2. The van der Waals surface area contributed by atoms with Crippen molar-refractivity contribution in [3.63, 3.8) is 0 Å². The van der Waals surface area contributed by atoms with Crippen LogP contribution in [0.15, 0.2) is 60.7 Å². The quantitative estimate of drug-likeness (QED) is 0.554. The lowest BCUT2D eigenvalue weighted by Gasteiger charge is -2.27. The molecule has 1 saturated carbocycles. The van der Waals surface area contributed by atoms with Gasteiger partial charge in [0.2, 0.25) is 0 Å². The van der Waals surface area contributed by atoms with Gasteiger partial charge < -0.3 is 9.47 Å². The molecule has 26 heavy (non-hydrogen) atoms. The molecule has 0 spiro atoms. The van der Waals surface area contributed by atoms with Gasteiger partial charge in [-0.2, -0.15) is 0 Å². The fourth-order valence-electron chi connectivity index (χ4n) is 3.43. The summed E-state index contributed by atoms with van der Waals surface area (Å²) in [7, 11) is 0. The molecule has 0 unspecified atom stereocenters. The van der Waals surface area contributed by atoms with Gasteiger partial charge in [-0.3, -0.25) is 9.59 Å². The summed E-state index contributed by atoms with van der Waals surface area (Å²) < 4.78 is 10.7. The van der Waals surface area contributed by atoms with Crippen molar-refractivity contribution >= 4 is 11.9 Å². The van der Waals surface area contributed by atoms with E-state index in [1.54, 1.807) is 24.3 Å². The number of esters is 2. The molecule has 0 bridgehead atoms. The topological polar surface area (TPSA) is 52.6 Å². The highest BCUT2D eigenvalue weighted by molar-refractivity contribution is 5.73. The maximum absolute atomic E-state index is 12.0. The van der Waals surface area contributed by atoms with Gasteiger partial charge in [-0.25, -0.2) is 0 Å². The Labute approximate surface area is 154 Å². The summed E-state index contributed by atoms with van der Waals surface area (Å²) >= 11 is 0. The number of rotatable bonds is 6. The van der Waals surface area contributed by atoms with Crippen LogP contribution in [-0.2, 0) is 9.59 Å². The first-order valence-corrected chi connectivity index (χ1v) is 9.20. The third-order valence-corrected chi connectivity index (χ3v) is 4.83. The third kappa shape index (κ3) is 5.73. The molecule has 0 saturated heterocycles. The highest BCUT2D eigenvalue weighted by Gasteiger charge is 2.25. The van der Waals surface area contributed by atoms with Crippen LogP contribution in [0.1, 0.15) is 38.5 Å². The van der Waals surface area contributed by atoms with Gasteiger partial charge in [0.15, 0.2) is 0 Å². The van der Waals surface area contributed by atoms with Crippen LogP contribution in [0.3, 0.4) is 0 Å². The minimum atomic E-state index is -0.178. The molecule has 0 radical (unpaired) electrons. The largest absolute Gasteiger partial charge is 0.427 e. The van der Waals surface area contributed by atoms with Crippen molar-refractivity contribution in [1.29, 1.82) is 0 Å². The number of hydrogen-bond acceptors (Lipinski definition) is 4. The van der Waals surface area contributed by atoms with E-state index in [-0.39, 0.29) is 11.9 Å². The van der Waals surface area contributed by atoms with E-state index in [4.69, 9.17) is 9.47 Å². The lowest BCUT2D eigenvalue weighted by atomic mass is 9.79. The Hall–Kier alpha value is -2.62. The summed E-state index contributed by atoms with van der Waals surface area (Å²) in [5, 5.41) is 0. The standard InChI is InChI=1S/C22H24O4/c23-21(25-19-7-3-1-4-8-19)15-17-11-13-18(14-12-17)16-22(24)26-20-9-5-2-6-10-20/h1-10,17-18H,11-16H2. The van der Waals surface area contributed by atoms with Gasteiger partial charge in [0.1, 0.15) is 11.5 Å². The van der Waals surface area contributed by atoms with Crippen molar-refractivity contribution in [3.05, 3.63) is 60.7 Å². The average Bonchev–Trinajstić information content (AvgIpc) is 2.65. The molecule has 0 atom stereocenters. The van der Waals surface area contributed by atoms with Crippen LogP contribution >= 0.6 is 0 Å². The van der Waals surface area contributed by atoms with Crippen molar-refractivity contribution in [3.8, 4) is 11.5 Å². The molecule has 0 N–H and O–H groups in total. The smallest absolute Gasteiger partial charge is 0.311 e. The van der Waals surface area contributed by atoms with Gasteiger partial charge in [0.25, 0.3) is 0 Å². The first-order valence-electron chi connectivity index (χ1n) is 9.20. The molecule has 1 aliphatic carbocycles. The van der Waals surface area contributed by atoms with Crippen LogP contribution in [0, 0.1) is 11.8 Å². The van der Waals surface area contributed by atoms with Gasteiger partial charge in [0, 0.05) is 12.8 Å². The predicted molar refractivity (Wildman–Crippen MR) is 98.8 cm³/mol. The Morgan fingerprint density at radius 3 is 1.35 bits per heavy atom. The van der Waals surface area contributed by atoms with E-state index in [1.807, 2.05) is 36.4 Å². The fraction of sp³-hybridized carbons (Fsp3) is 0.364. The molecule has 4 nitrogen and oxygen atoms in total. The van der Waals surface area contributed by atoms with Crippen LogP contribution in [0.5, 0.6) is 11.5 Å². The van der Waals surface area contributed by atoms with Crippen molar-refractivity contribution in [2.45, 2.75) is 38.5 Å². The minimum absolute atomic E-state index is 0.178. The lowest BCUT2D eigenvalue weighted by Crippen LogP contribution is -2.22. The van der Waals surface area contributed by atoms with Gasteiger partial charge in [-0.1, -0.05) is 36.4 Å². The molecule has 2 aromatic rings. The zero-order valence-electron chi connectivity index (χ0n) is 14.8. The van der Waals surface area contributed by atoms with E-state index in [0.29, 0.717) is 36.2 Å². The predicted octanol–water partition coefficient (Wildman–Crippen LogP) is 4.78. The monoisotopic (exact) mass is 352 g/mol. The number of carbonyl (C=O) groups excluding carboxylic acids is 2. The van der Waals surface area contributed by atoms with Gasteiger partial charge in [-0.05, 0) is 61.8 Å². The Balaban J connectivity index is 1.37. The van der Waals surface area contributed by atoms with E-state index < -0.39 is 0 Å². The van der Waals surface area contributed by atoms with Crippen molar-refractivity contribution in [1.82, 2.24) is 0 Å². The molecular weight excluding hydrogens is 328 g/mol. The van der Waals surface area contributed by atoms with Crippen LogP contribution in [0.2, 0.25) is 0 Å². The third-order valence-electron chi connectivity index (χ3n) is 4.83. The highest BCUT2D eigenvalue weighted by atomic mass is 16.5. The maximum Gasteiger partial charge on any atom is 0.311 e. The second-order valence-corrected chi connectivity index (χ2v) is 6.87. The summed E-state index contributed by atoms with van der Waals surface area (Å²) in [6.45, 7) is 0.